The summed E-state index contributed by atoms with van der Waals surface area (Å²) in [5.74, 6) is 1.41. The summed E-state index contributed by atoms with van der Waals surface area (Å²) in [7, 11) is 6.08. The van der Waals surface area contributed by atoms with Gasteiger partial charge < -0.3 is 14.4 Å². The Morgan fingerprint density at radius 2 is 2.15 bits per heavy atom. The number of likely N-dealkylation sites (tertiary alicyclic amines) is 1. The summed E-state index contributed by atoms with van der Waals surface area (Å²) < 4.78 is 3.90. The van der Waals surface area contributed by atoms with Crippen molar-refractivity contribution in [2.24, 2.45) is 7.05 Å². The average Bonchev–Trinajstić information content (AvgIpc) is 3.27. The Balaban J connectivity index is 1.75. The van der Waals surface area contributed by atoms with Crippen molar-refractivity contribution < 1.29 is 4.79 Å². The molecule has 1 saturated heterocycles. The Bertz CT molecular complexity index is 760. The van der Waals surface area contributed by atoms with Crippen molar-refractivity contribution in [3.63, 3.8) is 0 Å². The first-order valence-corrected chi connectivity index (χ1v) is 9.35. The Labute approximate surface area is 155 Å². The van der Waals surface area contributed by atoms with Crippen molar-refractivity contribution in [3.8, 4) is 0 Å². The summed E-state index contributed by atoms with van der Waals surface area (Å²) in [6.07, 6.45) is 5.67. The number of carbonyl (C=O) groups is 1. The third-order valence-electron chi connectivity index (χ3n) is 4.96. The lowest BCUT2D eigenvalue weighted by Crippen LogP contribution is -2.34. The molecule has 0 spiro atoms. The third-order valence-corrected chi connectivity index (χ3v) is 4.96. The Kier molecular flexibility index (Phi) is 5.46. The highest BCUT2D eigenvalue weighted by molar-refractivity contribution is 5.77. The summed E-state index contributed by atoms with van der Waals surface area (Å²) in [5, 5.41) is 4.70. The van der Waals surface area contributed by atoms with Crippen molar-refractivity contribution in [2.45, 2.75) is 51.7 Å². The molecule has 2 aromatic rings. The number of nitrogens with zero attached hydrogens (tertiary/aromatic N) is 6. The minimum absolute atomic E-state index is 0.0793. The van der Waals surface area contributed by atoms with Crippen LogP contribution in [-0.4, -0.2) is 55.7 Å². The van der Waals surface area contributed by atoms with E-state index in [0.717, 1.165) is 37.4 Å². The lowest BCUT2D eigenvalue weighted by atomic mass is 10.1. The zero-order valence-corrected chi connectivity index (χ0v) is 16.5. The second kappa shape index (κ2) is 7.61. The zero-order valence-electron chi connectivity index (χ0n) is 16.5. The van der Waals surface area contributed by atoms with E-state index in [2.05, 4.69) is 43.9 Å². The van der Waals surface area contributed by atoms with E-state index in [0.29, 0.717) is 12.5 Å². The van der Waals surface area contributed by atoms with Gasteiger partial charge >= 0.3 is 0 Å². The number of amides is 1. The van der Waals surface area contributed by atoms with E-state index in [1.807, 2.05) is 27.4 Å². The summed E-state index contributed by atoms with van der Waals surface area (Å²) in [6, 6.07) is 2.23. The highest BCUT2D eigenvalue weighted by atomic mass is 16.2. The predicted octanol–water partition coefficient (Wildman–Crippen LogP) is 2.17. The predicted molar refractivity (Wildman–Crippen MR) is 101 cm³/mol. The minimum Gasteiger partial charge on any atom is -0.332 e. The fourth-order valence-electron chi connectivity index (χ4n) is 3.73. The molecule has 1 aliphatic rings. The Hall–Kier alpha value is -2.15. The van der Waals surface area contributed by atoms with E-state index < -0.39 is 0 Å². The molecular weight excluding hydrogens is 328 g/mol. The first-order chi connectivity index (χ1) is 12.4. The van der Waals surface area contributed by atoms with E-state index in [1.165, 1.54) is 5.69 Å². The zero-order chi connectivity index (χ0) is 18.8. The number of hydrogen-bond acceptors (Lipinski definition) is 4. The Morgan fingerprint density at radius 3 is 2.85 bits per heavy atom. The molecule has 0 unspecified atom stereocenters. The van der Waals surface area contributed by atoms with Gasteiger partial charge in [0.05, 0.1) is 17.4 Å². The van der Waals surface area contributed by atoms with Crippen LogP contribution in [0.5, 0.6) is 0 Å². The second-order valence-electron chi connectivity index (χ2n) is 7.74. The van der Waals surface area contributed by atoms with Gasteiger partial charge in [0, 0.05) is 38.4 Å². The quantitative estimate of drug-likeness (QED) is 0.794. The van der Waals surface area contributed by atoms with Crippen molar-refractivity contribution in [1.82, 2.24) is 29.1 Å². The summed E-state index contributed by atoms with van der Waals surface area (Å²) >= 11 is 0. The number of aromatic nitrogens is 4. The van der Waals surface area contributed by atoms with Crippen molar-refractivity contribution in [1.29, 1.82) is 0 Å². The molecule has 0 saturated carbocycles. The van der Waals surface area contributed by atoms with Crippen molar-refractivity contribution >= 4 is 5.91 Å². The van der Waals surface area contributed by atoms with Crippen LogP contribution in [0, 0.1) is 0 Å². The van der Waals surface area contributed by atoms with Crippen LogP contribution in [0.4, 0.5) is 0 Å². The van der Waals surface area contributed by atoms with Crippen LogP contribution in [0.25, 0.3) is 0 Å². The molecule has 2 aromatic heterocycles. The first-order valence-electron chi connectivity index (χ1n) is 9.35. The van der Waals surface area contributed by atoms with Crippen LogP contribution in [-0.2, 0) is 24.9 Å². The molecule has 0 aromatic carbocycles. The van der Waals surface area contributed by atoms with Gasteiger partial charge in [-0.2, -0.15) is 5.10 Å². The minimum atomic E-state index is 0.0793. The number of aryl methyl sites for hydroxylation is 1. The van der Waals surface area contributed by atoms with E-state index in [9.17, 15) is 4.79 Å². The van der Waals surface area contributed by atoms with E-state index in [4.69, 9.17) is 5.10 Å². The van der Waals surface area contributed by atoms with Gasteiger partial charge in [0.1, 0.15) is 12.4 Å². The topological polar surface area (TPSA) is 59.2 Å². The molecular formula is C19H30N6O. The van der Waals surface area contributed by atoms with Crippen LogP contribution in [0.15, 0.2) is 18.5 Å². The van der Waals surface area contributed by atoms with Crippen LogP contribution >= 0.6 is 0 Å². The van der Waals surface area contributed by atoms with Gasteiger partial charge in [0.2, 0.25) is 5.91 Å². The highest BCUT2D eigenvalue weighted by Gasteiger charge is 2.32. The van der Waals surface area contributed by atoms with Gasteiger partial charge in [0.15, 0.2) is 0 Å². The summed E-state index contributed by atoms with van der Waals surface area (Å²) in [6.45, 7) is 6.19. The monoisotopic (exact) mass is 358 g/mol. The molecule has 1 aliphatic heterocycles. The van der Waals surface area contributed by atoms with E-state index in [-0.39, 0.29) is 11.9 Å². The largest absolute Gasteiger partial charge is 0.332 e. The number of rotatable bonds is 6. The van der Waals surface area contributed by atoms with Crippen LogP contribution in [0.2, 0.25) is 0 Å². The fraction of sp³-hybridized carbons (Fsp3) is 0.632. The lowest BCUT2D eigenvalue weighted by Gasteiger charge is -2.24. The van der Waals surface area contributed by atoms with Crippen molar-refractivity contribution in [2.75, 3.05) is 20.6 Å². The third kappa shape index (κ3) is 3.82. The normalized spacial score (nSPS) is 17.7. The van der Waals surface area contributed by atoms with Gasteiger partial charge in [-0.1, -0.05) is 13.8 Å². The molecule has 0 N–H and O–H groups in total. The summed E-state index contributed by atoms with van der Waals surface area (Å²) in [4.78, 5) is 21.5. The lowest BCUT2D eigenvalue weighted by molar-refractivity contribution is -0.132. The van der Waals surface area contributed by atoms with Gasteiger partial charge in [0.25, 0.3) is 0 Å². The number of imidazole rings is 1. The van der Waals surface area contributed by atoms with Gasteiger partial charge in [-0.15, -0.1) is 0 Å². The smallest absolute Gasteiger partial charge is 0.243 e. The first kappa shape index (κ1) is 18.6. The molecule has 3 heterocycles. The second-order valence-corrected chi connectivity index (χ2v) is 7.74. The van der Waals surface area contributed by atoms with E-state index >= 15 is 0 Å². The van der Waals surface area contributed by atoms with Crippen LogP contribution in [0.1, 0.15) is 55.9 Å². The molecule has 3 rings (SSSR count). The molecule has 7 heteroatoms. The maximum absolute atomic E-state index is 13.0. The van der Waals surface area contributed by atoms with Crippen LogP contribution in [0.3, 0.4) is 0 Å². The average molecular weight is 358 g/mol. The molecule has 1 amide bonds. The maximum Gasteiger partial charge on any atom is 0.243 e. The highest BCUT2D eigenvalue weighted by Crippen LogP contribution is 2.32. The van der Waals surface area contributed by atoms with Crippen LogP contribution < -0.4 is 0 Å². The molecule has 1 atom stereocenters. The molecule has 0 radical (unpaired) electrons. The van der Waals surface area contributed by atoms with E-state index in [1.54, 1.807) is 6.20 Å². The molecule has 142 valence electrons. The fourth-order valence-corrected chi connectivity index (χ4v) is 3.73. The van der Waals surface area contributed by atoms with Gasteiger partial charge in [-0.3, -0.25) is 9.48 Å². The molecule has 7 nitrogen and oxygen atoms in total. The SMILES string of the molecule is CC(C)c1nccn1CC(=O)N1CCC[C@H]1c1cc(CN(C)C)n(C)n1. The maximum atomic E-state index is 13.0. The number of carbonyl (C=O) groups excluding carboxylic acids is 1. The van der Waals surface area contributed by atoms with Gasteiger partial charge in [-0.25, -0.2) is 4.98 Å². The molecule has 1 fully saturated rings. The molecule has 0 aliphatic carbocycles. The van der Waals surface area contributed by atoms with Gasteiger partial charge in [-0.05, 0) is 33.0 Å². The van der Waals surface area contributed by atoms with Crippen molar-refractivity contribution in [3.05, 3.63) is 35.7 Å². The molecule has 0 bridgehead atoms. The number of hydrogen-bond donors (Lipinski definition) is 0. The molecule has 26 heavy (non-hydrogen) atoms. The Morgan fingerprint density at radius 1 is 1.38 bits per heavy atom. The summed E-state index contributed by atoms with van der Waals surface area (Å²) in [5.41, 5.74) is 2.17. The standard InChI is InChI=1S/C19H30N6O/c1-14(2)19-20-8-10-24(19)13-18(26)25-9-6-7-17(25)16-11-15(12-22(3)4)23(5)21-16/h8,10-11,14,17H,6-7,9,12-13H2,1-5H3/t17-/m0/s1.